The van der Waals surface area contributed by atoms with Gasteiger partial charge in [-0.05, 0) is 29.7 Å². The Hall–Kier alpha value is -2.33. The van der Waals surface area contributed by atoms with Crippen molar-refractivity contribution in [1.82, 2.24) is 5.32 Å². The van der Waals surface area contributed by atoms with Crippen molar-refractivity contribution in [2.75, 3.05) is 11.9 Å². The van der Waals surface area contributed by atoms with Crippen LogP contribution in [0.5, 0.6) is 0 Å². The van der Waals surface area contributed by atoms with E-state index in [9.17, 15) is 4.79 Å². The van der Waals surface area contributed by atoms with Gasteiger partial charge in [-0.15, -0.1) is 0 Å². The van der Waals surface area contributed by atoms with Crippen molar-refractivity contribution in [3.63, 3.8) is 0 Å². The first-order valence-corrected chi connectivity index (χ1v) is 6.66. The molecule has 104 valence electrons. The second-order valence-electron chi connectivity index (χ2n) is 4.52. The van der Waals surface area contributed by atoms with E-state index in [2.05, 4.69) is 10.6 Å². The Balaban J connectivity index is 1.74. The Kier molecular flexibility index (Phi) is 5.15. The van der Waals surface area contributed by atoms with E-state index < -0.39 is 0 Å². The Morgan fingerprint density at radius 2 is 1.65 bits per heavy atom. The van der Waals surface area contributed by atoms with Crippen LogP contribution in [0, 0.1) is 0 Å². The average Bonchev–Trinajstić information content (AvgIpc) is 2.49. The van der Waals surface area contributed by atoms with E-state index in [1.165, 1.54) is 5.56 Å². The molecule has 2 aromatic rings. The highest BCUT2D eigenvalue weighted by Crippen LogP contribution is 2.08. The van der Waals surface area contributed by atoms with Crippen LogP contribution >= 0.6 is 0 Å². The first-order valence-electron chi connectivity index (χ1n) is 6.66. The largest absolute Gasteiger partial charge is 0.338 e. The lowest BCUT2D eigenvalue weighted by Gasteiger charge is -2.08. The van der Waals surface area contributed by atoms with E-state index in [0.29, 0.717) is 13.1 Å². The fourth-order valence-corrected chi connectivity index (χ4v) is 1.86. The highest BCUT2D eigenvalue weighted by Gasteiger charge is 2.01. The average molecular weight is 269 g/mol. The third kappa shape index (κ3) is 4.40. The molecule has 0 bridgehead atoms. The topological polar surface area (TPSA) is 67.1 Å². The molecular formula is C16H19N3O. The Bertz CT molecular complexity index is 537. The molecule has 2 amide bonds. The maximum absolute atomic E-state index is 11.7. The minimum atomic E-state index is -0.193. The van der Waals surface area contributed by atoms with Crippen molar-refractivity contribution in [3.8, 4) is 0 Å². The van der Waals surface area contributed by atoms with Crippen molar-refractivity contribution >= 4 is 11.7 Å². The van der Waals surface area contributed by atoms with Crippen molar-refractivity contribution < 1.29 is 4.79 Å². The van der Waals surface area contributed by atoms with Crippen molar-refractivity contribution in [3.05, 3.63) is 65.7 Å². The van der Waals surface area contributed by atoms with E-state index in [-0.39, 0.29) is 6.03 Å². The standard InChI is InChI=1S/C16H19N3O/c17-12-14-6-8-15(9-7-14)19-16(20)18-11-10-13-4-2-1-3-5-13/h1-9H,10-12,17H2,(H2,18,19,20). The molecule has 0 saturated heterocycles. The van der Waals surface area contributed by atoms with Crippen LogP contribution in [0.4, 0.5) is 10.5 Å². The molecule has 0 unspecified atom stereocenters. The highest BCUT2D eigenvalue weighted by atomic mass is 16.2. The number of nitrogens with one attached hydrogen (secondary N) is 2. The number of hydrogen-bond donors (Lipinski definition) is 3. The van der Waals surface area contributed by atoms with Crippen molar-refractivity contribution in [2.24, 2.45) is 5.73 Å². The zero-order valence-electron chi connectivity index (χ0n) is 11.3. The van der Waals surface area contributed by atoms with Gasteiger partial charge in [0.2, 0.25) is 0 Å². The number of urea groups is 1. The maximum Gasteiger partial charge on any atom is 0.319 e. The number of amides is 2. The van der Waals surface area contributed by atoms with Gasteiger partial charge in [-0.25, -0.2) is 4.79 Å². The van der Waals surface area contributed by atoms with Crippen LogP contribution in [0.1, 0.15) is 11.1 Å². The minimum Gasteiger partial charge on any atom is -0.338 e. The summed E-state index contributed by atoms with van der Waals surface area (Å²) < 4.78 is 0. The third-order valence-electron chi connectivity index (χ3n) is 2.99. The highest BCUT2D eigenvalue weighted by molar-refractivity contribution is 5.89. The van der Waals surface area contributed by atoms with Gasteiger partial charge in [-0.3, -0.25) is 0 Å². The van der Waals surface area contributed by atoms with Crippen LogP contribution in [0.15, 0.2) is 54.6 Å². The maximum atomic E-state index is 11.7. The zero-order chi connectivity index (χ0) is 14.2. The number of benzene rings is 2. The van der Waals surface area contributed by atoms with Gasteiger partial charge in [-0.1, -0.05) is 42.5 Å². The molecule has 0 aromatic heterocycles. The molecule has 0 fully saturated rings. The molecule has 4 nitrogen and oxygen atoms in total. The fourth-order valence-electron chi connectivity index (χ4n) is 1.86. The number of anilines is 1. The normalized spacial score (nSPS) is 10.1. The molecule has 0 aliphatic heterocycles. The van der Waals surface area contributed by atoms with Gasteiger partial charge in [0.15, 0.2) is 0 Å². The lowest BCUT2D eigenvalue weighted by molar-refractivity contribution is 0.252. The summed E-state index contributed by atoms with van der Waals surface area (Å²) in [6.07, 6.45) is 0.820. The summed E-state index contributed by atoms with van der Waals surface area (Å²) in [6.45, 7) is 1.11. The summed E-state index contributed by atoms with van der Waals surface area (Å²) in [5, 5.41) is 5.62. The van der Waals surface area contributed by atoms with Crippen molar-refractivity contribution in [2.45, 2.75) is 13.0 Å². The van der Waals surface area contributed by atoms with Crippen LogP contribution < -0.4 is 16.4 Å². The Labute approximate surface area is 119 Å². The molecule has 2 rings (SSSR count). The number of hydrogen-bond acceptors (Lipinski definition) is 2. The first-order chi connectivity index (χ1) is 9.78. The molecule has 0 saturated carbocycles. The molecule has 0 aliphatic rings. The molecule has 0 heterocycles. The van der Waals surface area contributed by atoms with Crippen LogP contribution in [-0.2, 0) is 13.0 Å². The SMILES string of the molecule is NCc1ccc(NC(=O)NCCc2ccccc2)cc1. The molecule has 4 N–H and O–H groups in total. The number of rotatable bonds is 5. The summed E-state index contributed by atoms with van der Waals surface area (Å²) in [7, 11) is 0. The molecule has 0 atom stereocenters. The van der Waals surface area contributed by atoms with Crippen LogP contribution in [-0.4, -0.2) is 12.6 Å². The summed E-state index contributed by atoms with van der Waals surface area (Å²) in [5.41, 5.74) is 8.54. The van der Waals surface area contributed by atoms with E-state index >= 15 is 0 Å². The number of nitrogens with two attached hydrogens (primary N) is 1. The first kappa shape index (κ1) is 14.1. The van der Waals surface area contributed by atoms with Crippen molar-refractivity contribution in [1.29, 1.82) is 0 Å². The quantitative estimate of drug-likeness (QED) is 0.780. The third-order valence-corrected chi connectivity index (χ3v) is 2.99. The second kappa shape index (κ2) is 7.31. The molecular weight excluding hydrogens is 250 g/mol. The molecule has 20 heavy (non-hydrogen) atoms. The molecule has 0 aliphatic carbocycles. The van der Waals surface area contributed by atoms with E-state index in [1.807, 2.05) is 54.6 Å². The van der Waals surface area contributed by atoms with Gasteiger partial charge in [0.1, 0.15) is 0 Å². The predicted octanol–water partition coefficient (Wildman–Crippen LogP) is 2.51. The summed E-state index contributed by atoms with van der Waals surface area (Å²) in [6, 6.07) is 17.4. The lowest BCUT2D eigenvalue weighted by Crippen LogP contribution is -2.30. The summed E-state index contributed by atoms with van der Waals surface area (Å²) >= 11 is 0. The van der Waals surface area contributed by atoms with Crippen LogP contribution in [0.3, 0.4) is 0 Å². The van der Waals surface area contributed by atoms with E-state index in [4.69, 9.17) is 5.73 Å². The van der Waals surface area contributed by atoms with Gasteiger partial charge in [0.05, 0.1) is 0 Å². The molecule has 0 spiro atoms. The number of carbonyl (C=O) groups is 1. The summed E-state index contributed by atoms with van der Waals surface area (Å²) in [5.74, 6) is 0. The van der Waals surface area contributed by atoms with Gasteiger partial charge in [-0.2, -0.15) is 0 Å². The molecule has 2 aromatic carbocycles. The lowest BCUT2D eigenvalue weighted by atomic mass is 10.1. The smallest absolute Gasteiger partial charge is 0.319 e. The monoisotopic (exact) mass is 269 g/mol. The molecule has 4 heteroatoms. The van der Waals surface area contributed by atoms with Gasteiger partial charge in [0, 0.05) is 18.8 Å². The number of carbonyl (C=O) groups excluding carboxylic acids is 1. The second-order valence-corrected chi connectivity index (χ2v) is 4.52. The Morgan fingerprint density at radius 3 is 2.30 bits per heavy atom. The van der Waals surface area contributed by atoms with Crippen LogP contribution in [0.2, 0.25) is 0 Å². The van der Waals surface area contributed by atoms with Gasteiger partial charge in [0.25, 0.3) is 0 Å². The zero-order valence-corrected chi connectivity index (χ0v) is 11.3. The fraction of sp³-hybridized carbons (Fsp3) is 0.188. The Morgan fingerprint density at radius 1 is 0.950 bits per heavy atom. The predicted molar refractivity (Wildman–Crippen MR) is 81.5 cm³/mol. The van der Waals surface area contributed by atoms with Gasteiger partial charge < -0.3 is 16.4 Å². The summed E-state index contributed by atoms with van der Waals surface area (Å²) in [4.78, 5) is 11.7. The van der Waals surface area contributed by atoms with Crippen LogP contribution in [0.25, 0.3) is 0 Å². The van der Waals surface area contributed by atoms with E-state index in [0.717, 1.165) is 17.7 Å². The molecule has 0 radical (unpaired) electrons. The minimum absolute atomic E-state index is 0.193. The van der Waals surface area contributed by atoms with Gasteiger partial charge >= 0.3 is 6.03 Å². The van der Waals surface area contributed by atoms with E-state index in [1.54, 1.807) is 0 Å².